The quantitative estimate of drug-likeness (QED) is 0.587. The van der Waals surface area contributed by atoms with Gasteiger partial charge in [-0.15, -0.1) is 0 Å². The minimum atomic E-state index is 0.310. The normalized spacial score (nSPS) is 10.9. The van der Waals surface area contributed by atoms with E-state index >= 15 is 0 Å². The fraction of sp³-hybridized carbons (Fsp3) is 0.588. The lowest BCUT2D eigenvalue weighted by atomic mass is 9.90. The fourth-order valence-electron chi connectivity index (χ4n) is 2.47. The predicted molar refractivity (Wildman–Crippen MR) is 78.1 cm³/mol. The maximum absolute atomic E-state index is 12.2. The molecule has 1 heteroatoms. The molecule has 100 valence electrons. The van der Waals surface area contributed by atoms with Gasteiger partial charge in [-0.3, -0.25) is 4.79 Å². The van der Waals surface area contributed by atoms with Gasteiger partial charge in [-0.2, -0.15) is 0 Å². The third kappa shape index (κ3) is 4.64. The predicted octanol–water partition coefficient (Wildman–Crippen LogP) is 5.04. The highest BCUT2D eigenvalue weighted by Crippen LogP contribution is 2.20. The van der Waals surface area contributed by atoms with Crippen LogP contribution in [0.5, 0.6) is 0 Å². The van der Waals surface area contributed by atoms with Crippen molar-refractivity contribution >= 4 is 5.78 Å². The summed E-state index contributed by atoms with van der Waals surface area (Å²) in [5.74, 6) is 0.878. The Bertz CT molecular complexity index is 344. The number of hydrogen-bond donors (Lipinski definition) is 0. The molecule has 0 saturated carbocycles. The van der Waals surface area contributed by atoms with Gasteiger partial charge in [-0.1, -0.05) is 70.7 Å². The summed E-state index contributed by atoms with van der Waals surface area (Å²) in [5.41, 5.74) is 2.18. The maximum Gasteiger partial charge on any atom is 0.163 e. The van der Waals surface area contributed by atoms with Gasteiger partial charge < -0.3 is 0 Å². The van der Waals surface area contributed by atoms with E-state index < -0.39 is 0 Å². The van der Waals surface area contributed by atoms with E-state index in [0.29, 0.717) is 18.1 Å². The van der Waals surface area contributed by atoms with Crippen molar-refractivity contribution in [2.75, 3.05) is 0 Å². The Balaban J connectivity index is 2.61. The van der Waals surface area contributed by atoms with Crippen molar-refractivity contribution in [3.05, 3.63) is 35.4 Å². The largest absolute Gasteiger partial charge is 0.294 e. The van der Waals surface area contributed by atoms with E-state index in [2.05, 4.69) is 32.9 Å². The minimum absolute atomic E-state index is 0.310. The lowest BCUT2D eigenvalue weighted by Gasteiger charge is -2.14. The molecule has 1 rings (SSSR count). The van der Waals surface area contributed by atoms with Crippen LogP contribution < -0.4 is 0 Å². The SMILES string of the molecule is CCCC(CCC)CC(=O)c1ccc(CC)cc1. The molecule has 0 aliphatic heterocycles. The van der Waals surface area contributed by atoms with Crippen LogP contribution in [0.2, 0.25) is 0 Å². The molecule has 18 heavy (non-hydrogen) atoms. The summed E-state index contributed by atoms with van der Waals surface area (Å²) >= 11 is 0. The first-order valence-electron chi connectivity index (χ1n) is 7.33. The van der Waals surface area contributed by atoms with Crippen LogP contribution in [0.4, 0.5) is 0 Å². The lowest BCUT2D eigenvalue weighted by molar-refractivity contribution is 0.0956. The average Bonchev–Trinajstić information content (AvgIpc) is 2.39. The first-order chi connectivity index (χ1) is 8.71. The van der Waals surface area contributed by atoms with Crippen LogP contribution in [-0.2, 0) is 6.42 Å². The van der Waals surface area contributed by atoms with Crippen LogP contribution in [0.3, 0.4) is 0 Å². The molecule has 0 aromatic heterocycles. The van der Waals surface area contributed by atoms with Gasteiger partial charge in [0.2, 0.25) is 0 Å². The number of Topliss-reactive ketones (excluding diaryl/α,β-unsaturated/α-hetero) is 1. The number of rotatable bonds is 8. The van der Waals surface area contributed by atoms with Crippen molar-refractivity contribution in [2.24, 2.45) is 5.92 Å². The molecule has 0 spiro atoms. The zero-order chi connectivity index (χ0) is 13.4. The Hall–Kier alpha value is -1.11. The minimum Gasteiger partial charge on any atom is -0.294 e. The van der Waals surface area contributed by atoms with E-state index in [1.165, 1.54) is 31.2 Å². The molecule has 0 fully saturated rings. The van der Waals surface area contributed by atoms with Gasteiger partial charge in [-0.25, -0.2) is 0 Å². The summed E-state index contributed by atoms with van der Waals surface area (Å²) in [6, 6.07) is 8.11. The molecule has 0 amide bonds. The number of carbonyl (C=O) groups excluding carboxylic acids is 1. The van der Waals surface area contributed by atoms with E-state index in [-0.39, 0.29) is 0 Å². The average molecular weight is 246 g/mol. The summed E-state index contributed by atoms with van der Waals surface area (Å²) in [4.78, 5) is 12.2. The highest BCUT2D eigenvalue weighted by molar-refractivity contribution is 5.96. The molecule has 0 N–H and O–H groups in total. The van der Waals surface area contributed by atoms with Crippen LogP contribution in [0.25, 0.3) is 0 Å². The Morgan fingerprint density at radius 2 is 1.56 bits per heavy atom. The Kier molecular flexibility index (Phi) is 6.70. The first-order valence-corrected chi connectivity index (χ1v) is 7.33. The van der Waals surface area contributed by atoms with Gasteiger partial charge in [0, 0.05) is 12.0 Å². The molecule has 0 aliphatic rings. The molecule has 0 atom stereocenters. The third-order valence-corrected chi connectivity index (χ3v) is 3.55. The van der Waals surface area contributed by atoms with Gasteiger partial charge in [0.25, 0.3) is 0 Å². The highest BCUT2D eigenvalue weighted by atomic mass is 16.1. The molecule has 0 bridgehead atoms. The molecule has 0 heterocycles. The van der Waals surface area contributed by atoms with Crippen molar-refractivity contribution in [1.29, 1.82) is 0 Å². The first kappa shape index (κ1) is 14.9. The number of ketones is 1. The Labute approximate surface area is 112 Å². The standard InChI is InChI=1S/C17H26O/c1-4-7-15(8-5-2)13-17(18)16-11-9-14(6-3)10-12-16/h9-12,15H,4-8,13H2,1-3H3. The van der Waals surface area contributed by atoms with Crippen molar-refractivity contribution in [3.63, 3.8) is 0 Å². The molecule has 0 unspecified atom stereocenters. The summed E-state index contributed by atoms with van der Waals surface area (Å²) in [7, 11) is 0. The second kappa shape index (κ2) is 8.07. The van der Waals surface area contributed by atoms with Gasteiger partial charge in [0.1, 0.15) is 0 Å². The number of carbonyl (C=O) groups is 1. The molecule has 0 aliphatic carbocycles. The third-order valence-electron chi connectivity index (χ3n) is 3.55. The second-order valence-electron chi connectivity index (χ2n) is 5.12. The zero-order valence-corrected chi connectivity index (χ0v) is 12.0. The molecule has 1 aromatic carbocycles. The fourth-order valence-corrected chi connectivity index (χ4v) is 2.47. The monoisotopic (exact) mass is 246 g/mol. The number of benzene rings is 1. The van der Waals surface area contributed by atoms with Gasteiger partial charge in [-0.05, 0) is 17.9 Å². The van der Waals surface area contributed by atoms with E-state index in [0.717, 1.165) is 12.0 Å². The van der Waals surface area contributed by atoms with Crippen LogP contribution in [-0.4, -0.2) is 5.78 Å². The van der Waals surface area contributed by atoms with Crippen LogP contribution in [0.1, 0.15) is 68.8 Å². The summed E-state index contributed by atoms with van der Waals surface area (Å²) in [6.07, 6.45) is 6.44. The summed E-state index contributed by atoms with van der Waals surface area (Å²) < 4.78 is 0. The van der Waals surface area contributed by atoms with Crippen LogP contribution >= 0.6 is 0 Å². The van der Waals surface area contributed by atoms with Crippen LogP contribution in [0.15, 0.2) is 24.3 Å². The van der Waals surface area contributed by atoms with Gasteiger partial charge in [0.05, 0.1) is 0 Å². The molecule has 1 nitrogen and oxygen atoms in total. The lowest BCUT2D eigenvalue weighted by Crippen LogP contribution is -2.09. The smallest absolute Gasteiger partial charge is 0.163 e. The van der Waals surface area contributed by atoms with Crippen molar-refractivity contribution < 1.29 is 4.79 Å². The Morgan fingerprint density at radius 1 is 1.00 bits per heavy atom. The molecular weight excluding hydrogens is 220 g/mol. The van der Waals surface area contributed by atoms with Crippen molar-refractivity contribution in [1.82, 2.24) is 0 Å². The van der Waals surface area contributed by atoms with Crippen molar-refractivity contribution in [3.8, 4) is 0 Å². The molecule has 0 saturated heterocycles. The van der Waals surface area contributed by atoms with E-state index in [4.69, 9.17) is 0 Å². The Morgan fingerprint density at radius 3 is 2.00 bits per heavy atom. The van der Waals surface area contributed by atoms with E-state index in [9.17, 15) is 4.79 Å². The number of aryl methyl sites for hydroxylation is 1. The molecule has 0 radical (unpaired) electrons. The van der Waals surface area contributed by atoms with Crippen molar-refractivity contribution in [2.45, 2.75) is 59.3 Å². The highest BCUT2D eigenvalue weighted by Gasteiger charge is 2.13. The van der Waals surface area contributed by atoms with Gasteiger partial charge in [0.15, 0.2) is 5.78 Å². The summed E-state index contributed by atoms with van der Waals surface area (Å²) in [5, 5.41) is 0. The topological polar surface area (TPSA) is 17.1 Å². The molecule has 1 aromatic rings. The van der Waals surface area contributed by atoms with E-state index in [1.807, 2.05) is 12.1 Å². The van der Waals surface area contributed by atoms with Crippen LogP contribution in [0, 0.1) is 5.92 Å². The number of hydrogen-bond acceptors (Lipinski definition) is 1. The maximum atomic E-state index is 12.2. The molecular formula is C17H26O. The zero-order valence-electron chi connectivity index (χ0n) is 12.0. The summed E-state index contributed by atoms with van der Waals surface area (Å²) in [6.45, 7) is 6.53. The van der Waals surface area contributed by atoms with Gasteiger partial charge >= 0.3 is 0 Å². The van der Waals surface area contributed by atoms with E-state index in [1.54, 1.807) is 0 Å². The second-order valence-corrected chi connectivity index (χ2v) is 5.12.